The molecule has 0 aliphatic carbocycles. The lowest BCUT2D eigenvalue weighted by Crippen LogP contribution is -2.41. The molecule has 14 heteroatoms. The van der Waals surface area contributed by atoms with Crippen LogP contribution in [0, 0.1) is 0 Å². The summed E-state index contributed by atoms with van der Waals surface area (Å²) >= 11 is 0. The summed E-state index contributed by atoms with van der Waals surface area (Å²) in [6.07, 6.45) is 2.05. The maximum Gasteiger partial charge on any atom is 0.494 e. The summed E-state index contributed by atoms with van der Waals surface area (Å²) < 4.78 is 38.0. The van der Waals surface area contributed by atoms with Gasteiger partial charge in [-0.25, -0.2) is 28.7 Å². The Balaban J connectivity index is 0.000000194. The van der Waals surface area contributed by atoms with Crippen LogP contribution in [0.3, 0.4) is 0 Å². The van der Waals surface area contributed by atoms with Gasteiger partial charge in [-0.2, -0.15) is 0 Å². The molecule has 2 fully saturated rings. The highest BCUT2D eigenvalue weighted by Gasteiger charge is 2.52. The predicted molar refractivity (Wildman–Crippen MR) is 194 cm³/mol. The largest absolute Gasteiger partial charge is 0.494 e. The molecule has 0 spiro atoms. The lowest BCUT2D eigenvalue weighted by Gasteiger charge is -2.32. The molecule has 268 valence electrons. The molecular weight excluding hydrogens is 638 g/mol. The molecule has 0 radical (unpaired) electrons. The molecule has 0 unspecified atom stereocenters. The minimum atomic E-state index is -0.572. The van der Waals surface area contributed by atoms with Crippen molar-refractivity contribution in [2.75, 3.05) is 0 Å². The average molecular weight is 688 g/mol. The van der Waals surface area contributed by atoms with Gasteiger partial charge >= 0.3 is 26.4 Å². The van der Waals surface area contributed by atoms with E-state index in [1.54, 1.807) is 0 Å². The lowest BCUT2D eigenvalue weighted by molar-refractivity contribution is 0.00578. The highest BCUT2D eigenvalue weighted by atomic mass is 16.7. The van der Waals surface area contributed by atoms with Gasteiger partial charge in [-0.05, 0) is 132 Å². The number of fused-ring (bicyclic) bond motifs is 2. The summed E-state index contributed by atoms with van der Waals surface area (Å²) in [5.74, 6) is 0. The van der Waals surface area contributed by atoms with Gasteiger partial charge < -0.3 is 28.1 Å². The fourth-order valence-electron chi connectivity index (χ4n) is 5.22. The van der Waals surface area contributed by atoms with E-state index in [0.717, 1.165) is 10.9 Å². The first-order chi connectivity index (χ1) is 22.8. The van der Waals surface area contributed by atoms with Crippen LogP contribution in [0.1, 0.15) is 96.9 Å². The molecule has 2 aromatic carbocycles. The summed E-state index contributed by atoms with van der Waals surface area (Å²) in [6.45, 7) is 27.1. The third-order valence-corrected chi connectivity index (χ3v) is 9.37. The highest BCUT2D eigenvalue weighted by Crippen LogP contribution is 2.37. The lowest BCUT2D eigenvalue weighted by atomic mass is 9.79. The van der Waals surface area contributed by atoms with E-state index in [0.29, 0.717) is 22.1 Å². The van der Waals surface area contributed by atoms with Crippen molar-refractivity contribution >= 4 is 59.4 Å². The zero-order valence-electron chi connectivity index (χ0n) is 31.8. The van der Waals surface area contributed by atoms with Crippen LogP contribution in [-0.2, 0) is 28.1 Å². The Morgan fingerprint density at radius 2 is 0.960 bits per heavy atom. The van der Waals surface area contributed by atoms with Gasteiger partial charge in [0.05, 0.1) is 44.5 Å². The van der Waals surface area contributed by atoms with Gasteiger partial charge in [0.15, 0.2) is 0 Å². The Bertz CT molecular complexity index is 1880. The van der Waals surface area contributed by atoms with E-state index in [4.69, 9.17) is 28.1 Å². The molecule has 0 amide bonds. The smallest absolute Gasteiger partial charge is 0.443 e. The topological polar surface area (TPSA) is 125 Å². The second-order valence-corrected chi connectivity index (χ2v) is 16.9. The zero-order chi connectivity index (χ0) is 37.2. The van der Waals surface area contributed by atoms with E-state index in [-0.39, 0.29) is 0 Å². The van der Waals surface area contributed by atoms with Crippen LogP contribution in [-0.4, -0.2) is 79.1 Å². The summed E-state index contributed by atoms with van der Waals surface area (Å²) in [6, 6.07) is 11.3. The maximum atomic E-state index is 12.4. The SMILES string of the molecule is CC(C)(C)OC(=O)n1cnc2cc(B3OC(C)(C)C(C)(C)O3)ccc21.CC(C)(C)OC(=O)n1cnc2ccc(B3OC(C)(C)C(C)(C)O3)cc21. The molecule has 2 aliphatic rings. The number of rotatable bonds is 2. The highest BCUT2D eigenvalue weighted by molar-refractivity contribution is 6.62. The number of carbonyl (C=O) groups is 2. The third-order valence-electron chi connectivity index (χ3n) is 9.37. The van der Waals surface area contributed by atoms with Crippen LogP contribution in [0.5, 0.6) is 0 Å². The quantitative estimate of drug-likeness (QED) is 0.224. The van der Waals surface area contributed by atoms with Crippen LogP contribution >= 0.6 is 0 Å². The average Bonchev–Trinajstić information content (AvgIpc) is 3.67. The van der Waals surface area contributed by atoms with E-state index in [9.17, 15) is 9.59 Å². The molecule has 4 heterocycles. The first-order valence-electron chi connectivity index (χ1n) is 16.9. The number of benzene rings is 2. The molecule has 2 aliphatic heterocycles. The number of aromatic nitrogens is 4. The minimum Gasteiger partial charge on any atom is -0.443 e. The number of imidazole rings is 2. The van der Waals surface area contributed by atoms with Crippen molar-refractivity contribution < 1.29 is 37.7 Å². The first kappa shape index (κ1) is 37.5. The molecular formula is C36H50B2N4O8. The van der Waals surface area contributed by atoms with Crippen LogP contribution in [0.25, 0.3) is 22.1 Å². The van der Waals surface area contributed by atoms with Gasteiger partial charge in [0.1, 0.15) is 23.9 Å². The molecule has 50 heavy (non-hydrogen) atoms. The summed E-state index contributed by atoms with van der Waals surface area (Å²) in [4.78, 5) is 33.3. The number of ether oxygens (including phenoxy) is 2. The second-order valence-electron chi connectivity index (χ2n) is 16.9. The van der Waals surface area contributed by atoms with E-state index < -0.39 is 60.0 Å². The van der Waals surface area contributed by atoms with Crippen LogP contribution in [0.2, 0.25) is 0 Å². The second kappa shape index (κ2) is 12.5. The van der Waals surface area contributed by atoms with Crippen LogP contribution < -0.4 is 10.9 Å². The zero-order valence-corrected chi connectivity index (χ0v) is 31.8. The monoisotopic (exact) mass is 688 g/mol. The van der Waals surface area contributed by atoms with Gasteiger partial charge in [-0.1, -0.05) is 12.1 Å². The third kappa shape index (κ3) is 7.63. The number of nitrogens with zero attached hydrogens (tertiary/aromatic N) is 4. The summed E-state index contributed by atoms with van der Waals surface area (Å²) in [7, 11) is -0.947. The fraction of sp³-hybridized carbons (Fsp3) is 0.556. The van der Waals surface area contributed by atoms with Crippen molar-refractivity contribution in [3.8, 4) is 0 Å². The molecule has 0 bridgehead atoms. The first-order valence-corrected chi connectivity index (χ1v) is 16.9. The van der Waals surface area contributed by atoms with E-state index in [2.05, 4.69) is 9.97 Å². The maximum absolute atomic E-state index is 12.4. The van der Waals surface area contributed by atoms with E-state index >= 15 is 0 Å². The van der Waals surface area contributed by atoms with E-state index in [1.807, 2.05) is 133 Å². The van der Waals surface area contributed by atoms with Crippen molar-refractivity contribution in [3.05, 3.63) is 49.1 Å². The van der Waals surface area contributed by atoms with Crippen molar-refractivity contribution in [1.29, 1.82) is 0 Å². The molecule has 12 nitrogen and oxygen atoms in total. The molecule has 0 saturated carbocycles. The molecule has 0 atom stereocenters. The molecule has 4 aromatic rings. The van der Waals surface area contributed by atoms with Crippen LogP contribution in [0.15, 0.2) is 49.1 Å². The van der Waals surface area contributed by atoms with Crippen molar-refractivity contribution in [3.63, 3.8) is 0 Å². The van der Waals surface area contributed by atoms with Gasteiger partial charge in [0.25, 0.3) is 0 Å². The predicted octanol–water partition coefficient (Wildman–Crippen LogP) is 6.24. The number of hydrogen-bond acceptors (Lipinski definition) is 10. The standard InChI is InChI=1S/2C18H25BN2O4/c1-16(2,3)23-15(22)21-11-20-13-10-12(8-9-14(13)21)19-24-17(4,5)18(6,7)25-19;1-16(2,3)23-15(22)21-11-20-13-9-8-12(10-14(13)21)19-24-17(4,5)18(6,7)25-19/h2*8-11H,1-7H3. The summed E-state index contributed by atoms with van der Waals surface area (Å²) in [5.41, 5.74) is 1.71. The fourth-order valence-corrected chi connectivity index (χ4v) is 5.22. The van der Waals surface area contributed by atoms with Gasteiger partial charge in [0, 0.05) is 0 Å². The van der Waals surface area contributed by atoms with Crippen molar-refractivity contribution in [1.82, 2.24) is 19.1 Å². The Morgan fingerprint density at radius 3 is 1.40 bits per heavy atom. The Kier molecular flexibility index (Phi) is 9.39. The van der Waals surface area contributed by atoms with Gasteiger partial charge in [-0.3, -0.25) is 0 Å². The van der Waals surface area contributed by atoms with Gasteiger partial charge in [-0.15, -0.1) is 0 Å². The normalized spacial score (nSPS) is 19.4. The number of carbonyl (C=O) groups excluding carboxylic acids is 2. The Hall–Kier alpha value is -3.71. The van der Waals surface area contributed by atoms with Crippen LogP contribution in [0.4, 0.5) is 9.59 Å². The van der Waals surface area contributed by atoms with Gasteiger partial charge in [0.2, 0.25) is 0 Å². The van der Waals surface area contributed by atoms with Crippen molar-refractivity contribution in [2.45, 2.75) is 131 Å². The molecule has 2 aromatic heterocycles. The Labute approximate surface area is 295 Å². The molecule has 2 saturated heterocycles. The Morgan fingerprint density at radius 1 is 0.580 bits per heavy atom. The minimum absolute atomic E-state index is 0.400. The summed E-state index contributed by atoms with van der Waals surface area (Å²) in [5, 5.41) is 0. The number of hydrogen-bond donors (Lipinski definition) is 0. The van der Waals surface area contributed by atoms with E-state index in [1.165, 1.54) is 21.8 Å². The van der Waals surface area contributed by atoms with Crippen molar-refractivity contribution in [2.24, 2.45) is 0 Å². The molecule has 0 N–H and O–H groups in total. The molecule has 6 rings (SSSR count).